The maximum absolute atomic E-state index is 11.9. The highest BCUT2D eigenvalue weighted by Crippen LogP contribution is 2.27. The number of nitrogens with one attached hydrogen (secondary N) is 1. The van der Waals surface area contributed by atoms with Gasteiger partial charge in [-0.15, -0.1) is 11.3 Å². The highest BCUT2D eigenvalue weighted by molar-refractivity contribution is 8.13. The molecule has 1 aromatic heterocycles. The van der Waals surface area contributed by atoms with E-state index in [9.17, 15) is 14.4 Å². The van der Waals surface area contributed by atoms with Gasteiger partial charge in [0, 0.05) is 25.3 Å². The quantitative estimate of drug-likeness (QED) is 0.870. The van der Waals surface area contributed by atoms with E-state index in [0.717, 1.165) is 22.7 Å². The molecule has 2 amide bonds. The molecule has 2 N–H and O–H groups in total. The Morgan fingerprint density at radius 2 is 2.25 bits per heavy atom. The third kappa shape index (κ3) is 3.31. The fourth-order valence-corrected chi connectivity index (χ4v) is 3.52. The molecule has 1 aromatic rings. The van der Waals surface area contributed by atoms with Crippen molar-refractivity contribution in [2.24, 2.45) is 0 Å². The van der Waals surface area contributed by atoms with Crippen LogP contribution in [-0.4, -0.2) is 46.0 Å². The van der Waals surface area contributed by atoms with Gasteiger partial charge >= 0.3 is 5.97 Å². The van der Waals surface area contributed by atoms with Crippen LogP contribution in [0.1, 0.15) is 21.7 Å². The zero-order chi connectivity index (χ0) is 14.7. The van der Waals surface area contributed by atoms with E-state index in [2.05, 4.69) is 5.32 Å². The molecule has 0 unspecified atom stereocenters. The van der Waals surface area contributed by atoms with Crippen molar-refractivity contribution in [3.8, 4) is 0 Å². The second kappa shape index (κ2) is 6.27. The van der Waals surface area contributed by atoms with E-state index in [4.69, 9.17) is 5.11 Å². The molecule has 0 saturated carbocycles. The van der Waals surface area contributed by atoms with Gasteiger partial charge in [0.1, 0.15) is 4.88 Å². The Kier molecular flexibility index (Phi) is 4.66. The summed E-state index contributed by atoms with van der Waals surface area (Å²) in [5.74, 6) is -0.573. The predicted molar refractivity (Wildman–Crippen MR) is 78.7 cm³/mol. The molecule has 1 aliphatic rings. The lowest BCUT2D eigenvalue weighted by molar-refractivity contribution is -0.116. The maximum Gasteiger partial charge on any atom is 0.348 e. The van der Waals surface area contributed by atoms with Gasteiger partial charge in [-0.25, -0.2) is 4.79 Å². The first-order chi connectivity index (χ1) is 9.49. The van der Waals surface area contributed by atoms with Crippen LogP contribution < -0.4 is 5.32 Å². The number of rotatable bonds is 5. The lowest BCUT2D eigenvalue weighted by Gasteiger charge is -2.14. The number of hydrogen-bond acceptors (Lipinski definition) is 5. The first-order valence-electron chi connectivity index (χ1n) is 6.02. The second-order valence-electron chi connectivity index (χ2n) is 4.33. The minimum absolute atomic E-state index is 0.00395. The Morgan fingerprint density at radius 1 is 1.50 bits per heavy atom. The second-order valence-corrected chi connectivity index (χ2v) is 6.25. The van der Waals surface area contributed by atoms with Crippen molar-refractivity contribution >= 4 is 45.9 Å². The highest BCUT2D eigenvalue weighted by Gasteiger charge is 2.22. The molecule has 1 fully saturated rings. The summed E-state index contributed by atoms with van der Waals surface area (Å²) in [5.41, 5.74) is 1.09. The summed E-state index contributed by atoms with van der Waals surface area (Å²) in [5, 5.41) is 13.3. The normalized spacial score (nSPS) is 14.7. The Balaban J connectivity index is 1.93. The highest BCUT2D eigenvalue weighted by atomic mass is 32.2. The molecule has 0 bridgehead atoms. The molecule has 0 spiro atoms. The van der Waals surface area contributed by atoms with Gasteiger partial charge in [0.05, 0.1) is 5.69 Å². The van der Waals surface area contributed by atoms with Gasteiger partial charge in [-0.1, -0.05) is 11.8 Å². The first-order valence-corrected chi connectivity index (χ1v) is 7.88. The van der Waals surface area contributed by atoms with E-state index >= 15 is 0 Å². The van der Waals surface area contributed by atoms with Gasteiger partial charge in [-0.3, -0.25) is 9.59 Å². The Morgan fingerprint density at radius 3 is 2.85 bits per heavy atom. The number of aromatic carboxylic acids is 1. The molecule has 20 heavy (non-hydrogen) atoms. The number of amides is 2. The molecular formula is C12H14N2O4S2. The standard InChI is InChI=1S/C12H14N2O4S2/c1-7-6-20-10(11(16)17)9(7)13-8(15)2-3-14-4-5-19-12(14)18/h6H,2-5H2,1H3,(H,13,15)(H,16,17). The largest absolute Gasteiger partial charge is 0.477 e. The van der Waals surface area contributed by atoms with Gasteiger partial charge in [-0.2, -0.15) is 0 Å². The summed E-state index contributed by atoms with van der Waals surface area (Å²) in [7, 11) is 0. The molecule has 2 rings (SSSR count). The average molecular weight is 314 g/mol. The number of carbonyl (C=O) groups is 3. The summed E-state index contributed by atoms with van der Waals surface area (Å²) in [6.45, 7) is 2.77. The van der Waals surface area contributed by atoms with Gasteiger partial charge in [0.2, 0.25) is 5.91 Å². The van der Waals surface area contributed by atoms with Crippen LogP contribution in [0.2, 0.25) is 0 Å². The van der Waals surface area contributed by atoms with Crippen molar-refractivity contribution in [1.29, 1.82) is 0 Å². The monoisotopic (exact) mass is 314 g/mol. The Bertz CT molecular complexity index is 556. The van der Waals surface area contributed by atoms with Crippen LogP contribution in [0.4, 0.5) is 10.5 Å². The number of thiophene rings is 1. The van der Waals surface area contributed by atoms with Crippen molar-refractivity contribution in [2.75, 3.05) is 24.2 Å². The summed E-state index contributed by atoms with van der Waals surface area (Å²) in [6, 6.07) is 0. The van der Waals surface area contributed by atoms with Crippen LogP contribution in [0, 0.1) is 6.92 Å². The van der Waals surface area contributed by atoms with E-state index in [-0.39, 0.29) is 22.4 Å². The number of carbonyl (C=O) groups excluding carboxylic acids is 2. The van der Waals surface area contributed by atoms with E-state index in [0.29, 0.717) is 18.8 Å². The number of hydrogen-bond donors (Lipinski definition) is 2. The van der Waals surface area contributed by atoms with Gasteiger partial charge in [-0.05, 0) is 17.9 Å². The molecule has 0 atom stereocenters. The summed E-state index contributed by atoms with van der Waals surface area (Å²) in [6.07, 6.45) is 0.167. The SMILES string of the molecule is Cc1csc(C(=O)O)c1NC(=O)CCN1CCSC1=O. The van der Waals surface area contributed by atoms with Gasteiger partial charge < -0.3 is 15.3 Å². The molecule has 8 heteroatoms. The number of carboxylic acids is 1. The summed E-state index contributed by atoms with van der Waals surface area (Å²) in [4.78, 5) is 36.0. The molecule has 6 nitrogen and oxygen atoms in total. The number of nitrogens with zero attached hydrogens (tertiary/aromatic N) is 1. The van der Waals surface area contributed by atoms with Crippen molar-refractivity contribution in [1.82, 2.24) is 4.90 Å². The van der Waals surface area contributed by atoms with Crippen molar-refractivity contribution in [3.05, 3.63) is 15.8 Å². The fraction of sp³-hybridized carbons (Fsp3) is 0.417. The predicted octanol–water partition coefficient (Wildman–Crippen LogP) is 2.25. The first kappa shape index (κ1) is 14.9. The van der Waals surface area contributed by atoms with Crippen molar-refractivity contribution < 1.29 is 19.5 Å². The van der Waals surface area contributed by atoms with E-state index in [1.807, 2.05) is 0 Å². The minimum Gasteiger partial charge on any atom is -0.477 e. The molecule has 108 valence electrons. The topological polar surface area (TPSA) is 86.7 Å². The lowest BCUT2D eigenvalue weighted by Crippen LogP contribution is -2.28. The van der Waals surface area contributed by atoms with Gasteiger partial charge in [0.15, 0.2) is 0 Å². The van der Waals surface area contributed by atoms with Crippen LogP contribution in [0.15, 0.2) is 5.38 Å². The minimum atomic E-state index is -1.05. The van der Waals surface area contributed by atoms with Crippen molar-refractivity contribution in [2.45, 2.75) is 13.3 Å². The van der Waals surface area contributed by atoms with Crippen LogP contribution in [0.3, 0.4) is 0 Å². The zero-order valence-electron chi connectivity index (χ0n) is 10.8. The smallest absolute Gasteiger partial charge is 0.348 e. The Hall–Kier alpha value is -1.54. The molecular weight excluding hydrogens is 300 g/mol. The number of thioether (sulfide) groups is 1. The Labute approximate surface area is 124 Å². The molecule has 1 aliphatic heterocycles. The third-order valence-electron chi connectivity index (χ3n) is 2.89. The van der Waals surface area contributed by atoms with Crippen LogP contribution in [-0.2, 0) is 4.79 Å². The van der Waals surface area contributed by atoms with Gasteiger partial charge in [0.25, 0.3) is 5.24 Å². The maximum atomic E-state index is 11.9. The molecule has 0 aromatic carbocycles. The fourth-order valence-electron chi connectivity index (χ4n) is 1.82. The molecule has 2 heterocycles. The molecule has 0 radical (unpaired) electrons. The van der Waals surface area contributed by atoms with E-state index in [1.165, 1.54) is 11.8 Å². The van der Waals surface area contributed by atoms with Crippen LogP contribution in [0.25, 0.3) is 0 Å². The average Bonchev–Trinajstić information content (AvgIpc) is 2.94. The lowest BCUT2D eigenvalue weighted by atomic mass is 10.2. The summed E-state index contributed by atoms with van der Waals surface area (Å²) >= 11 is 2.34. The van der Waals surface area contributed by atoms with Crippen LogP contribution >= 0.6 is 23.1 Å². The number of aryl methyl sites for hydroxylation is 1. The zero-order valence-corrected chi connectivity index (χ0v) is 12.5. The van der Waals surface area contributed by atoms with Crippen molar-refractivity contribution in [3.63, 3.8) is 0 Å². The number of anilines is 1. The van der Waals surface area contributed by atoms with E-state index < -0.39 is 5.97 Å². The molecule has 0 aliphatic carbocycles. The van der Waals surface area contributed by atoms with Crippen LogP contribution in [0.5, 0.6) is 0 Å². The van der Waals surface area contributed by atoms with E-state index in [1.54, 1.807) is 17.2 Å². The molecule has 1 saturated heterocycles. The third-order valence-corrected chi connectivity index (χ3v) is 4.87. The summed E-state index contributed by atoms with van der Waals surface area (Å²) < 4.78 is 0. The number of carboxylic acid groups (broad SMARTS) is 1.